The van der Waals surface area contributed by atoms with E-state index < -0.39 is 0 Å². The molecule has 0 radical (unpaired) electrons. The summed E-state index contributed by atoms with van der Waals surface area (Å²) in [4.78, 5) is 20.5. The fourth-order valence-corrected chi connectivity index (χ4v) is 4.41. The van der Waals surface area contributed by atoms with Crippen LogP contribution in [0, 0.1) is 12.8 Å². The highest BCUT2D eigenvalue weighted by molar-refractivity contribution is 5.95. The van der Waals surface area contributed by atoms with Gasteiger partial charge in [0.15, 0.2) is 0 Å². The Hall–Kier alpha value is -3.40. The van der Waals surface area contributed by atoms with Crippen molar-refractivity contribution in [1.29, 1.82) is 0 Å². The first-order valence-corrected chi connectivity index (χ1v) is 10.6. The normalized spacial score (nSPS) is 15.7. The SMILES string of the molecule is Cc1ccn2c3c(nc2c1)CCC(C(=O)N(Cc1ccccc1)c1ccccc1)C3. The summed E-state index contributed by atoms with van der Waals surface area (Å²) in [5.41, 5.74) is 6.59. The van der Waals surface area contributed by atoms with Crippen LogP contribution in [0.15, 0.2) is 79.0 Å². The predicted molar refractivity (Wildman–Crippen MR) is 120 cm³/mol. The molecule has 2 aromatic carbocycles. The highest BCUT2D eigenvalue weighted by Gasteiger charge is 2.31. The van der Waals surface area contributed by atoms with E-state index in [1.807, 2.05) is 53.4 Å². The molecule has 1 unspecified atom stereocenters. The van der Waals surface area contributed by atoms with Gasteiger partial charge in [0, 0.05) is 29.9 Å². The highest BCUT2D eigenvalue weighted by atomic mass is 16.2. The first kappa shape index (κ1) is 18.6. The Morgan fingerprint density at radius 2 is 1.80 bits per heavy atom. The number of aryl methyl sites for hydroxylation is 2. The van der Waals surface area contributed by atoms with Gasteiger partial charge >= 0.3 is 0 Å². The van der Waals surface area contributed by atoms with Gasteiger partial charge in [-0.15, -0.1) is 0 Å². The number of carbonyl (C=O) groups excluding carboxylic acids is 1. The third-order valence-corrected chi connectivity index (χ3v) is 6.00. The van der Waals surface area contributed by atoms with Crippen LogP contribution in [0.25, 0.3) is 5.65 Å². The van der Waals surface area contributed by atoms with Gasteiger partial charge in [0.2, 0.25) is 5.91 Å². The van der Waals surface area contributed by atoms with Crippen molar-refractivity contribution in [1.82, 2.24) is 9.38 Å². The maximum atomic E-state index is 13.7. The summed E-state index contributed by atoms with van der Waals surface area (Å²) >= 11 is 0. The first-order chi connectivity index (χ1) is 14.7. The topological polar surface area (TPSA) is 37.6 Å². The van der Waals surface area contributed by atoms with E-state index in [9.17, 15) is 4.79 Å². The zero-order valence-electron chi connectivity index (χ0n) is 17.2. The minimum absolute atomic E-state index is 0.0392. The second kappa shape index (κ2) is 7.79. The lowest BCUT2D eigenvalue weighted by atomic mass is 9.88. The maximum absolute atomic E-state index is 13.7. The van der Waals surface area contributed by atoms with Gasteiger partial charge in [-0.2, -0.15) is 0 Å². The van der Waals surface area contributed by atoms with Crippen LogP contribution >= 0.6 is 0 Å². The molecule has 4 heteroatoms. The van der Waals surface area contributed by atoms with E-state index in [2.05, 4.69) is 41.8 Å². The number of fused-ring (bicyclic) bond motifs is 3. The van der Waals surface area contributed by atoms with Crippen LogP contribution < -0.4 is 4.90 Å². The van der Waals surface area contributed by atoms with Crippen molar-refractivity contribution in [2.45, 2.75) is 32.7 Å². The number of pyridine rings is 1. The molecule has 0 spiro atoms. The Morgan fingerprint density at radius 1 is 1.07 bits per heavy atom. The molecule has 0 saturated heterocycles. The lowest BCUT2D eigenvalue weighted by molar-refractivity contribution is -0.122. The van der Waals surface area contributed by atoms with E-state index in [4.69, 9.17) is 4.98 Å². The van der Waals surface area contributed by atoms with Crippen LogP contribution in [0.5, 0.6) is 0 Å². The van der Waals surface area contributed by atoms with Gasteiger partial charge in [-0.3, -0.25) is 4.79 Å². The van der Waals surface area contributed by atoms with Gasteiger partial charge < -0.3 is 9.30 Å². The molecule has 0 fully saturated rings. The zero-order valence-corrected chi connectivity index (χ0v) is 17.2. The van der Waals surface area contributed by atoms with Crippen molar-refractivity contribution < 1.29 is 4.79 Å². The number of rotatable bonds is 4. The molecule has 30 heavy (non-hydrogen) atoms. The lowest BCUT2D eigenvalue weighted by Gasteiger charge is -2.29. The number of amides is 1. The van der Waals surface area contributed by atoms with E-state index in [1.54, 1.807) is 0 Å². The third-order valence-electron chi connectivity index (χ3n) is 6.00. The van der Waals surface area contributed by atoms with Crippen LogP contribution in [0.3, 0.4) is 0 Å². The first-order valence-electron chi connectivity index (χ1n) is 10.6. The zero-order chi connectivity index (χ0) is 20.5. The number of hydrogen-bond donors (Lipinski definition) is 0. The van der Waals surface area contributed by atoms with Gasteiger partial charge in [-0.05, 0) is 55.2 Å². The molecular formula is C26H25N3O. The number of anilines is 1. The fourth-order valence-electron chi connectivity index (χ4n) is 4.41. The number of aromatic nitrogens is 2. The monoisotopic (exact) mass is 395 g/mol. The summed E-state index contributed by atoms with van der Waals surface area (Å²) in [5, 5.41) is 0. The van der Waals surface area contributed by atoms with Crippen LogP contribution in [0.1, 0.15) is 28.9 Å². The number of para-hydroxylation sites is 1. The molecular weight excluding hydrogens is 370 g/mol. The molecule has 4 aromatic rings. The highest BCUT2D eigenvalue weighted by Crippen LogP contribution is 2.30. The molecule has 0 aliphatic heterocycles. The van der Waals surface area contributed by atoms with Gasteiger partial charge in [-0.25, -0.2) is 4.98 Å². The Morgan fingerprint density at radius 3 is 2.57 bits per heavy atom. The minimum atomic E-state index is -0.0392. The van der Waals surface area contributed by atoms with Crippen molar-refractivity contribution in [3.05, 3.63) is 102 Å². The lowest BCUT2D eigenvalue weighted by Crippen LogP contribution is -2.38. The average Bonchev–Trinajstić information content (AvgIpc) is 3.15. The second-order valence-corrected chi connectivity index (χ2v) is 8.12. The molecule has 0 N–H and O–H groups in total. The fraction of sp³-hybridized carbons (Fsp3) is 0.231. The molecule has 150 valence electrons. The maximum Gasteiger partial charge on any atom is 0.230 e. The summed E-state index contributed by atoms with van der Waals surface area (Å²) in [7, 11) is 0. The quantitative estimate of drug-likeness (QED) is 0.489. The van der Waals surface area contributed by atoms with Crippen molar-refractivity contribution in [3.63, 3.8) is 0 Å². The molecule has 0 bridgehead atoms. The number of imidazole rings is 1. The van der Waals surface area contributed by atoms with Crippen molar-refractivity contribution >= 4 is 17.2 Å². The summed E-state index contributed by atoms with van der Waals surface area (Å²) < 4.78 is 2.16. The molecule has 1 amide bonds. The smallest absolute Gasteiger partial charge is 0.230 e. The van der Waals surface area contributed by atoms with Crippen molar-refractivity contribution in [3.8, 4) is 0 Å². The number of hydrogen-bond acceptors (Lipinski definition) is 2. The molecule has 1 aliphatic carbocycles. The average molecular weight is 396 g/mol. The molecule has 2 heterocycles. The van der Waals surface area contributed by atoms with Crippen molar-refractivity contribution in [2.75, 3.05) is 4.90 Å². The summed E-state index contributed by atoms with van der Waals surface area (Å²) in [6.07, 6.45) is 4.51. The van der Waals surface area contributed by atoms with Gasteiger partial charge in [-0.1, -0.05) is 48.5 Å². The summed E-state index contributed by atoms with van der Waals surface area (Å²) in [6.45, 7) is 2.67. The van der Waals surface area contributed by atoms with Crippen LogP contribution in [0.2, 0.25) is 0 Å². The van der Waals surface area contributed by atoms with Crippen LogP contribution in [0.4, 0.5) is 5.69 Å². The second-order valence-electron chi connectivity index (χ2n) is 8.12. The van der Waals surface area contributed by atoms with E-state index >= 15 is 0 Å². The van der Waals surface area contributed by atoms with E-state index in [0.29, 0.717) is 6.54 Å². The Labute approximate surface area is 176 Å². The number of nitrogens with zero attached hydrogens (tertiary/aromatic N) is 3. The minimum Gasteiger partial charge on any atom is -0.308 e. The summed E-state index contributed by atoms with van der Waals surface area (Å²) in [5.74, 6) is 0.153. The Balaban J connectivity index is 1.46. The van der Waals surface area contributed by atoms with E-state index in [-0.39, 0.29) is 11.8 Å². The largest absolute Gasteiger partial charge is 0.308 e. The standard InChI is InChI=1S/C26H25N3O/c1-19-14-15-28-24-17-21(12-13-23(24)27-25(28)16-19)26(30)29(22-10-6-3-7-11-22)18-20-8-4-2-5-9-20/h2-11,14-16,21H,12-13,17-18H2,1H3. The van der Waals surface area contributed by atoms with Gasteiger partial charge in [0.25, 0.3) is 0 Å². The molecule has 2 aromatic heterocycles. The molecule has 5 rings (SSSR count). The Bertz CT molecular complexity index is 1180. The molecule has 1 atom stereocenters. The number of carbonyl (C=O) groups is 1. The van der Waals surface area contributed by atoms with Crippen LogP contribution in [-0.4, -0.2) is 15.3 Å². The number of benzene rings is 2. The van der Waals surface area contributed by atoms with E-state index in [0.717, 1.165) is 41.9 Å². The summed E-state index contributed by atoms with van der Waals surface area (Å²) in [6, 6.07) is 24.4. The van der Waals surface area contributed by atoms with Crippen LogP contribution in [-0.2, 0) is 24.2 Å². The third kappa shape index (κ3) is 3.50. The molecule has 4 nitrogen and oxygen atoms in total. The molecule has 0 saturated carbocycles. The Kier molecular flexibility index (Phi) is 4.83. The van der Waals surface area contributed by atoms with Gasteiger partial charge in [0.1, 0.15) is 5.65 Å². The van der Waals surface area contributed by atoms with E-state index in [1.165, 1.54) is 11.3 Å². The predicted octanol–water partition coefficient (Wildman–Crippen LogP) is 4.98. The van der Waals surface area contributed by atoms with Gasteiger partial charge in [0.05, 0.1) is 12.2 Å². The molecule has 1 aliphatic rings. The van der Waals surface area contributed by atoms with Crippen molar-refractivity contribution in [2.24, 2.45) is 5.92 Å².